The van der Waals surface area contributed by atoms with Crippen molar-refractivity contribution in [2.24, 2.45) is 10.9 Å². The Morgan fingerprint density at radius 1 is 1.00 bits per heavy atom. The Balaban J connectivity index is 1.15. The number of aromatic nitrogens is 3. The lowest BCUT2D eigenvalue weighted by atomic mass is 9.90. The zero-order valence-corrected chi connectivity index (χ0v) is 22.1. The molecule has 1 aliphatic carbocycles. The van der Waals surface area contributed by atoms with Crippen molar-refractivity contribution in [2.45, 2.75) is 38.1 Å². The molecule has 1 atom stereocenters. The molecule has 3 aromatic rings. The Morgan fingerprint density at radius 3 is 2.58 bits per heavy atom. The standard InChI is InChI=1S/C29H29N7O4/c1-18-5-4-10-31-25(18)26-35-29(7-11-40-12-8-29)28(39)36(26)17-24(37)33-23-15-19-13-20(14-21(19)16-32-23)27(38)34-22-6-2-3-9-30-22/h2-6,9-10,15-16,20H,7-8,11-14,17H2,1H3,(H,30,34,38)(H,32,33,37)/t20-/m0/s1. The zero-order chi connectivity index (χ0) is 27.7. The van der Waals surface area contributed by atoms with E-state index in [-0.39, 0.29) is 24.3 Å². The molecule has 3 aromatic heterocycles. The fourth-order valence-corrected chi connectivity index (χ4v) is 5.49. The van der Waals surface area contributed by atoms with Crippen LogP contribution < -0.4 is 10.6 Å². The molecule has 0 radical (unpaired) electrons. The van der Waals surface area contributed by atoms with Gasteiger partial charge in [0.2, 0.25) is 11.8 Å². The van der Waals surface area contributed by atoms with E-state index in [1.165, 1.54) is 4.90 Å². The van der Waals surface area contributed by atoms with Crippen LogP contribution in [0.4, 0.5) is 11.6 Å². The van der Waals surface area contributed by atoms with Crippen molar-refractivity contribution in [1.82, 2.24) is 19.9 Å². The van der Waals surface area contributed by atoms with Gasteiger partial charge in [-0.3, -0.25) is 24.3 Å². The van der Waals surface area contributed by atoms with E-state index in [1.807, 2.05) is 25.1 Å². The molecule has 2 N–H and O–H groups in total. The van der Waals surface area contributed by atoms with Gasteiger partial charge in [0.25, 0.3) is 5.91 Å². The van der Waals surface area contributed by atoms with Gasteiger partial charge in [0.15, 0.2) is 5.84 Å². The van der Waals surface area contributed by atoms with E-state index in [2.05, 4.69) is 25.6 Å². The zero-order valence-electron chi connectivity index (χ0n) is 22.1. The van der Waals surface area contributed by atoms with Crippen LogP contribution in [0, 0.1) is 12.8 Å². The number of anilines is 2. The topological polar surface area (TPSA) is 139 Å². The predicted octanol–water partition coefficient (Wildman–Crippen LogP) is 2.31. The minimum absolute atomic E-state index is 0.105. The molecule has 0 aromatic carbocycles. The lowest BCUT2D eigenvalue weighted by molar-refractivity contribution is -0.136. The fourth-order valence-electron chi connectivity index (χ4n) is 5.49. The van der Waals surface area contributed by atoms with Gasteiger partial charge in [-0.2, -0.15) is 0 Å². The van der Waals surface area contributed by atoms with Crippen molar-refractivity contribution in [3.63, 3.8) is 0 Å². The third kappa shape index (κ3) is 4.95. The summed E-state index contributed by atoms with van der Waals surface area (Å²) in [5.74, 6) is 0.327. The van der Waals surface area contributed by atoms with Gasteiger partial charge in [-0.05, 0) is 60.7 Å². The van der Waals surface area contributed by atoms with Crippen LogP contribution in [0.1, 0.15) is 35.2 Å². The average Bonchev–Trinajstić information content (AvgIpc) is 3.49. The lowest BCUT2D eigenvalue weighted by Gasteiger charge is -2.29. The summed E-state index contributed by atoms with van der Waals surface area (Å²) in [5, 5.41) is 5.68. The summed E-state index contributed by atoms with van der Waals surface area (Å²) in [6.45, 7) is 2.55. The molecule has 204 valence electrons. The highest BCUT2D eigenvalue weighted by atomic mass is 16.5. The van der Waals surface area contributed by atoms with Crippen LogP contribution >= 0.6 is 0 Å². The van der Waals surface area contributed by atoms with Gasteiger partial charge in [0, 0.05) is 50.6 Å². The minimum Gasteiger partial charge on any atom is -0.381 e. The van der Waals surface area contributed by atoms with Gasteiger partial charge in [-0.25, -0.2) is 15.0 Å². The minimum atomic E-state index is -0.936. The largest absolute Gasteiger partial charge is 0.381 e. The van der Waals surface area contributed by atoms with Crippen molar-refractivity contribution in [3.05, 3.63) is 77.4 Å². The molecule has 0 bridgehead atoms. The van der Waals surface area contributed by atoms with Gasteiger partial charge >= 0.3 is 0 Å². The Hall–Kier alpha value is -4.51. The maximum absolute atomic E-state index is 13.6. The summed E-state index contributed by atoms with van der Waals surface area (Å²) in [6, 6.07) is 10.9. The maximum atomic E-state index is 13.6. The number of aliphatic imine (C=N–C) groups is 1. The molecule has 11 nitrogen and oxygen atoms in total. The first-order valence-corrected chi connectivity index (χ1v) is 13.3. The molecule has 1 spiro atoms. The molecule has 1 fully saturated rings. The molecule has 1 saturated heterocycles. The van der Waals surface area contributed by atoms with Gasteiger partial charge in [0.1, 0.15) is 29.4 Å². The highest BCUT2D eigenvalue weighted by Crippen LogP contribution is 2.35. The van der Waals surface area contributed by atoms with Gasteiger partial charge in [0.05, 0.1) is 0 Å². The summed E-state index contributed by atoms with van der Waals surface area (Å²) in [5.41, 5.74) is 2.43. The van der Waals surface area contributed by atoms with Crippen LogP contribution in [0.15, 0.2) is 60.0 Å². The van der Waals surface area contributed by atoms with Crippen molar-refractivity contribution < 1.29 is 19.1 Å². The molecular formula is C29H29N7O4. The van der Waals surface area contributed by atoms with E-state index in [1.54, 1.807) is 36.8 Å². The van der Waals surface area contributed by atoms with E-state index >= 15 is 0 Å². The normalized spacial score (nSPS) is 19.3. The van der Waals surface area contributed by atoms with Gasteiger partial charge < -0.3 is 15.4 Å². The van der Waals surface area contributed by atoms with Crippen LogP contribution in [-0.2, 0) is 32.0 Å². The van der Waals surface area contributed by atoms with Crippen molar-refractivity contribution >= 4 is 35.2 Å². The number of amidine groups is 1. The molecule has 40 heavy (non-hydrogen) atoms. The number of pyridine rings is 3. The Kier molecular flexibility index (Phi) is 6.81. The van der Waals surface area contributed by atoms with Crippen LogP contribution in [0.5, 0.6) is 0 Å². The van der Waals surface area contributed by atoms with E-state index in [9.17, 15) is 14.4 Å². The second-order valence-corrected chi connectivity index (χ2v) is 10.3. The van der Waals surface area contributed by atoms with Crippen LogP contribution in [0.25, 0.3) is 0 Å². The smallest absolute Gasteiger partial charge is 0.256 e. The third-order valence-electron chi connectivity index (χ3n) is 7.63. The average molecular weight is 540 g/mol. The molecule has 3 aliphatic rings. The first kappa shape index (κ1) is 25.8. The quantitative estimate of drug-likeness (QED) is 0.490. The van der Waals surface area contributed by atoms with Gasteiger partial charge in [-0.1, -0.05) is 12.1 Å². The molecular weight excluding hydrogens is 510 g/mol. The van der Waals surface area contributed by atoms with E-state index in [4.69, 9.17) is 9.73 Å². The highest BCUT2D eigenvalue weighted by Gasteiger charge is 2.50. The third-order valence-corrected chi connectivity index (χ3v) is 7.63. The number of hydrogen-bond acceptors (Lipinski definition) is 8. The number of nitrogens with one attached hydrogen (secondary N) is 2. The molecule has 3 amide bonds. The van der Waals surface area contributed by atoms with Crippen molar-refractivity contribution in [2.75, 3.05) is 30.4 Å². The number of hydrogen-bond donors (Lipinski definition) is 2. The number of ether oxygens (including phenoxy) is 1. The van der Waals surface area contributed by atoms with Crippen LogP contribution in [0.3, 0.4) is 0 Å². The number of amides is 3. The first-order valence-electron chi connectivity index (χ1n) is 13.3. The summed E-state index contributed by atoms with van der Waals surface area (Å²) in [7, 11) is 0. The number of carbonyl (C=O) groups is 3. The molecule has 6 rings (SSSR count). The summed E-state index contributed by atoms with van der Waals surface area (Å²) >= 11 is 0. The van der Waals surface area contributed by atoms with Crippen molar-refractivity contribution in [3.8, 4) is 0 Å². The lowest BCUT2D eigenvalue weighted by Crippen LogP contribution is -2.48. The molecule has 0 unspecified atom stereocenters. The summed E-state index contributed by atoms with van der Waals surface area (Å²) in [6.07, 6.45) is 6.99. The number of fused-ring (bicyclic) bond motifs is 1. The maximum Gasteiger partial charge on any atom is 0.256 e. The van der Waals surface area contributed by atoms with E-state index < -0.39 is 11.4 Å². The number of rotatable bonds is 6. The number of carbonyl (C=O) groups excluding carboxylic acids is 3. The van der Waals surface area contributed by atoms with Crippen molar-refractivity contribution in [1.29, 1.82) is 0 Å². The number of aryl methyl sites for hydroxylation is 1. The second-order valence-electron chi connectivity index (χ2n) is 10.3. The second kappa shape index (κ2) is 10.6. The van der Waals surface area contributed by atoms with Crippen LogP contribution in [-0.4, -0.2) is 68.7 Å². The summed E-state index contributed by atoms with van der Waals surface area (Å²) < 4.78 is 5.48. The molecule has 2 aliphatic heterocycles. The monoisotopic (exact) mass is 539 g/mol. The SMILES string of the molecule is Cc1cccnc1C1=NC2(CCOCC2)C(=O)N1CC(=O)Nc1cc2c(cn1)C[C@@H](C(=O)Nc1ccccn1)C2. The van der Waals surface area contributed by atoms with E-state index in [0.717, 1.165) is 16.7 Å². The number of nitrogens with zero attached hydrogens (tertiary/aromatic N) is 5. The Labute approximate surface area is 231 Å². The van der Waals surface area contributed by atoms with Gasteiger partial charge in [-0.15, -0.1) is 0 Å². The Bertz CT molecular complexity index is 1500. The molecule has 11 heteroatoms. The Morgan fingerprint density at radius 2 is 1.80 bits per heavy atom. The first-order chi connectivity index (χ1) is 19.4. The van der Waals surface area contributed by atoms with E-state index in [0.29, 0.717) is 62.1 Å². The van der Waals surface area contributed by atoms with Crippen LogP contribution in [0.2, 0.25) is 0 Å². The summed E-state index contributed by atoms with van der Waals surface area (Å²) in [4.78, 5) is 58.9. The predicted molar refractivity (Wildman–Crippen MR) is 147 cm³/mol. The highest BCUT2D eigenvalue weighted by molar-refractivity contribution is 6.17. The fraction of sp³-hybridized carbons (Fsp3) is 0.345. The molecule has 5 heterocycles. The molecule has 0 saturated carbocycles.